The van der Waals surface area contributed by atoms with Crippen LogP contribution < -0.4 is 17.2 Å². The van der Waals surface area contributed by atoms with Gasteiger partial charge in [0, 0.05) is 0 Å². The van der Waals surface area contributed by atoms with Gasteiger partial charge in [-0.2, -0.15) is 9.97 Å². The molecule has 0 saturated carbocycles. The summed E-state index contributed by atoms with van der Waals surface area (Å²) >= 11 is 0. The molecule has 1 fully saturated rings. The molecule has 18 heavy (non-hydrogen) atoms. The summed E-state index contributed by atoms with van der Waals surface area (Å²) in [6.45, 7) is -0.161. The largest absolute Gasteiger partial charge is 0.388 e. The van der Waals surface area contributed by atoms with Gasteiger partial charge in [0.25, 0.3) is 0 Å². The van der Waals surface area contributed by atoms with Crippen LogP contribution in [-0.2, 0) is 4.74 Å². The minimum absolute atomic E-state index is 0.0346. The summed E-state index contributed by atoms with van der Waals surface area (Å²) in [5.41, 5.74) is 16.8. The maximum atomic E-state index is 9.85. The molecule has 1 unspecified atom stereocenters. The van der Waals surface area contributed by atoms with Crippen molar-refractivity contribution in [2.45, 2.75) is 24.4 Å². The lowest BCUT2D eigenvalue weighted by Crippen LogP contribution is -2.49. The topological polar surface area (TPSA) is 174 Å². The van der Waals surface area contributed by atoms with Crippen molar-refractivity contribution in [3.63, 3.8) is 0 Å². The third-order valence-electron chi connectivity index (χ3n) is 2.81. The van der Waals surface area contributed by atoms with Crippen LogP contribution in [0.4, 0.5) is 17.6 Å². The van der Waals surface area contributed by atoms with Crippen molar-refractivity contribution >= 4 is 17.6 Å². The molecule has 1 saturated heterocycles. The highest BCUT2D eigenvalue weighted by atomic mass is 16.5. The Morgan fingerprint density at radius 1 is 1.00 bits per heavy atom. The van der Waals surface area contributed by atoms with Crippen molar-refractivity contribution in [2.75, 3.05) is 23.8 Å². The van der Waals surface area contributed by atoms with E-state index in [0.29, 0.717) is 0 Å². The maximum Gasteiger partial charge on any atom is 0.223 e. The lowest BCUT2D eigenvalue weighted by Gasteiger charge is -2.35. The molecule has 9 nitrogen and oxygen atoms in total. The number of nitrogens with two attached hydrogens (primary N) is 3. The Balaban J connectivity index is 2.37. The van der Waals surface area contributed by atoms with Gasteiger partial charge in [-0.1, -0.05) is 0 Å². The van der Waals surface area contributed by atoms with Crippen LogP contribution in [0.25, 0.3) is 0 Å². The molecule has 2 heterocycles. The molecule has 4 atom stereocenters. The molecule has 9 N–H and O–H groups in total. The van der Waals surface area contributed by atoms with E-state index in [1.54, 1.807) is 0 Å². The molecule has 1 aliphatic rings. The first-order chi connectivity index (χ1) is 8.41. The Bertz CT molecular complexity index is 434. The highest BCUT2D eigenvalue weighted by molar-refractivity contribution is 5.57. The Hall–Kier alpha value is -1.68. The molecule has 1 aliphatic heterocycles. The van der Waals surface area contributed by atoms with Crippen LogP contribution in [0, 0.1) is 0 Å². The van der Waals surface area contributed by atoms with Crippen molar-refractivity contribution in [1.82, 2.24) is 9.97 Å². The fraction of sp³-hybridized carbons (Fsp3) is 0.556. The molecular weight excluding hydrogens is 242 g/mol. The van der Waals surface area contributed by atoms with Crippen LogP contribution in [0.5, 0.6) is 0 Å². The standard InChI is InChI=1S/C9H15N5O4/c10-7-3(8(11)14-9(12)13-7)6-5(17)4(16)2(15)1-18-6/h2,4-6,15-17H,1H2,(H6,10,11,12,13,14)/t2-,4-,5-,6?/m1/s1. The second-order valence-corrected chi connectivity index (χ2v) is 4.07. The third kappa shape index (κ3) is 2.04. The summed E-state index contributed by atoms with van der Waals surface area (Å²) < 4.78 is 5.22. The summed E-state index contributed by atoms with van der Waals surface area (Å²) in [7, 11) is 0. The Morgan fingerprint density at radius 2 is 1.56 bits per heavy atom. The summed E-state index contributed by atoms with van der Waals surface area (Å²) in [5, 5.41) is 28.8. The van der Waals surface area contributed by atoms with Crippen molar-refractivity contribution in [1.29, 1.82) is 0 Å². The normalized spacial score (nSPS) is 32.4. The fourth-order valence-corrected chi connectivity index (χ4v) is 1.88. The number of rotatable bonds is 1. The van der Waals surface area contributed by atoms with Crippen molar-refractivity contribution < 1.29 is 20.1 Å². The van der Waals surface area contributed by atoms with E-state index in [0.717, 1.165) is 0 Å². The summed E-state index contributed by atoms with van der Waals surface area (Å²) in [6.07, 6.45) is -4.93. The highest BCUT2D eigenvalue weighted by Gasteiger charge is 2.40. The number of aromatic nitrogens is 2. The van der Waals surface area contributed by atoms with Gasteiger partial charge in [-0.3, -0.25) is 0 Å². The minimum Gasteiger partial charge on any atom is -0.388 e. The van der Waals surface area contributed by atoms with Crippen LogP contribution in [-0.4, -0.2) is 50.2 Å². The van der Waals surface area contributed by atoms with Gasteiger partial charge < -0.3 is 37.3 Å². The van der Waals surface area contributed by atoms with Gasteiger partial charge in [0.1, 0.15) is 36.1 Å². The number of hydrogen-bond acceptors (Lipinski definition) is 9. The summed E-state index contributed by atoms with van der Waals surface area (Å²) in [6, 6.07) is 0. The molecule has 100 valence electrons. The van der Waals surface area contributed by atoms with Crippen molar-refractivity contribution in [2.24, 2.45) is 0 Å². The Morgan fingerprint density at radius 3 is 2.11 bits per heavy atom. The van der Waals surface area contributed by atoms with Gasteiger partial charge >= 0.3 is 0 Å². The molecule has 1 aromatic heterocycles. The molecule has 0 amide bonds. The van der Waals surface area contributed by atoms with E-state index < -0.39 is 24.4 Å². The van der Waals surface area contributed by atoms with E-state index in [-0.39, 0.29) is 29.8 Å². The number of hydrogen-bond donors (Lipinski definition) is 6. The third-order valence-corrected chi connectivity index (χ3v) is 2.81. The lowest BCUT2D eigenvalue weighted by atomic mass is 9.95. The van der Waals surface area contributed by atoms with Crippen molar-refractivity contribution in [3.05, 3.63) is 5.56 Å². The summed E-state index contributed by atoms with van der Waals surface area (Å²) in [4.78, 5) is 7.43. The van der Waals surface area contributed by atoms with E-state index in [1.807, 2.05) is 0 Å². The molecule has 0 aliphatic carbocycles. The van der Waals surface area contributed by atoms with Crippen LogP contribution in [0.1, 0.15) is 11.7 Å². The van der Waals surface area contributed by atoms with E-state index in [4.69, 9.17) is 21.9 Å². The molecule has 9 heteroatoms. The molecule has 0 radical (unpaired) electrons. The Kier molecular flexibility index (Phi) is 3.22. The molecule has 0 spiro atoms. The minimum atomic E-state index is -1.38. The fourth-order valence-electron chi connectivity index (χ4n) is 1.88. The quantitative estimate of drug-likeness (QED) is 0.314. The number of ether oxygens (including phenoxy) is 1. The smallest absolute Gasteiger partial charge is 0.223 e. The van der Waals surface area contributed by atoms with E-state index in [9.17, 15) is 15.3 Å². The predicted octanol–water partition coefficient (Wildman–Crippen LogP) is -2.62. The van der Waals surface area contributed by atoms with Gasteiger partial charge in [-0.15, -0.1) is 0 Å². The van der Waals surface area contributed by atoms with Crippen LogP contribution in [0.2, 0.25) is 0 Å². The first kappa shape index (κ1) is 12.8. The van der Waals surface area contributed by atoms with Crippen molar-refractivity contribution in [3.8, 4) is 0 Å². The number of aliphatic hydroxyl groups excluding tert-OH is 3. The number of nitrogens with zero attached hydrogens (tertiary/aromatic N) is 2. The number of nitrogen functional groups attached to an aromatic ring is 3. The van der Waals surface area contributed by atoms with E-state index in [1.165, 1.54) is 0 Å². The zero-order chi connectivity index (χ0) is 13.4. The molecular formula is C9H15N5O4. The molecule has 1 aromatic rings. The molecule has 2 rings (SSSR count). The average Bonchev–Trinajstić information content (AvgIpc) is 2.28. The van der Waals surface area contributed by atoms with E-state index in [2.05, 4.69) is 9.97 Å². The monoisotopic (exact) mass is 257 g/mol. The highest BCUT2D eigenvalue weighted by Crippen LogP contribution is 2.34. The first-order valence-corrected chi connectivity index (χ1v) is 5.26. The Labute approximate surface area is 102 Å². The second kappa shape index (κ2) is 4.53. The van der Waals surface area contributed by atoms with Gasteiger partial charge in [0.05, 0.1) is 12.2 Å². The van der Waals surface area contributed by atoms with Crippen LogP contribution in [0.3, 0.4) is 0 Å². The summed E-state index contributed by atoms with van der Waals surface area (Å²) in [5.74, 6) is -0.167. The number of anilines is 3. The van der Waals surface area contributed by atoms with Gasteiger partial charge in [0.15, 0.2) is 0 Å². The molecule has 0 bridgehead atoms. The SMILES string of the molecule is Nc1nc(N)c(C2OC[C@@H](O)[C@@H](O)[C@H]2O)c(N)n1. The van der Waals surface area contributed by atoms with Gasteiger partial charge in [0.2, 0.25) is 5.95 Å². The van der Waals surface area contributed by atoms with Gasteiger partial charge in [-0.05, 0) is 0 Å². The first-order valence-electron chi connectivity index (χ1n) is 5.26. The van der Waals surface area contributed by atoms with Crippen LogP contribution in [0.15, 0.2) is 0 Å². The molecule has 0 aromatic carbocycles. The average molecular weight is 257 g/mol. The second-order valence-electron chi connectivity index (χ2n) is 4.07. The lowest BCUT2D eigenvalue weighted by molar-refractivity contribution is -0.188. The zero-order valence-electron chi connectivity index (χ0n) is 9.39. The van der Waals surface area contributed by atoms with Gasteiger partial charge in [-0.25, -0.2) is 0 Å². The van der Waals surface area contributed by atoms with E-state index >= 15 is 0 Å². The predicted molar refractivity (Wildman–Crippen MR) is 62.0 cm³/mol. The number of aliphatic hydroxyl groups is 3. The zero-order valence-corrected chi connectivity index (χ0v) is 9.39. The maximum absolute atomic E-state index is 9.85. The van der Waals surface area contributed by atoms with Crippen LogP contribution >= 0.6 is 0 Å².